The molecule has 0 amide bonds. The molecule has 0 radical (unpaired) electrons. The highest BCUT2D eigenvalue weighted by Gasteiger charge is 2.02. The van der Waals surface area contributed by atoms with E-state index >= 15 is 0 Å². The summed E-state index contributed by atoms with van der Waals surface area (Å²) in [6.45, 7) is 4.27. The van der Waals surface area contributed by atoms with Gasteiger partial charge < -0.3 is 4.90 Å². The summed E-state index contributed by atoms with van der Waals surface area (Å²) < 4.78 is 0. The van der Waals surface area contributed by atoms with Crippen molar-refractivity contribution < 1.29 is 0 Å². The van der Waals surface area contributed by atoms with Gasteiger partial charge in [-0.3, -0.25) is 0 Å². The van der Waals surface area contributed by atoms with E-state index in [1.165, 1.54) is 5.56 Å². The third kappa shape index (κ3) is 4.44. The van der Waals surface area contributed by atoms with Gasteiger partial charge >= 0.3 is 0 Å². The number of alkyl halides is 1. The Labute approximate surface area is 88.9 Å². The average molecular weight is 242 g/mol. The Morgan fingerprint density at radius 3 is 2.46 bits per heavy atom. The molecule has 0 fully saturated rings. The first kappa shape index (κ1) is 10.7. The molecule has 72 valence electrons. The number of rotatable bonds is 4. The first-order chi connectivity index (χ1) is 6.18. The van der Waals surface area contributed by atoms with E-state index in [0.717, 1.165) is 13.1 Å². The van der Waals surface area contributed by atoms with Gasteiger partial charge in [-0.25, -0.2) is 0 Å². The quantitative estimate of drug-likeness (QED) is 0.734. The second-order valence-electron chi connectivity index (χ2n) is 3.46. The maximum Gasteiger partial charge on any atom is 0.0244 e. The molecule has 1 atom stereocenters. The zero-order valence-electron chi connectivity index (χ0n) is 8.20. The molecule has 1 rings (SSSR count). The highest BCUT2D eigenvalue weighted by molar-refractivity contribution is 9.09. The molecule has 13 heavy (non-hydrogen) atoms. The second-order valence-corrected chi connectivity index (χ2v) is 5.03. The van der Waals surface area contributed by atoms with Crippen molar-refractivity contribution in [3.63, 3.8) is 0 Å². The van der Waals surface area contributed by atoms with Gasteiger partial charge in [0.25, 0.3) is 0 Å². The van der Waals surface area contributed by atoms with Gasteiger partial charge in [0.05, 0.1) is 0 Å². The predicted octanol–water partition coefficient (Wildman–Crippen LogP) is 2.90. The molecule has 0 aliphatic carbocycles. The third-order valence-corrected chi connectivity index (χ3v) is 2.15. The zero-order chi connectivity index (χ0) is 9.68. The predicted molar refractivity (Wildman–Crippen MR) is 61.2 cm³/mol. The van der Waals surface area contributed by atoms with Crippen molar-refractivity contribution >= 4 is 15.9 Å². The summed E-state index contributed by atoms with van der Waals surface area (Å²) in [4.78, 5) is 2.87. The Kier molecular flexibility index (Phi) is 4.46. The smallest absolute Gasteiger partial charge is 0.0244 e. The number of halogens is 1. The van der Waals surface area contributed by atoms with Gasteiger partial charge in [-0.15, -0.1) is 0 Å². The molecule has 1 nitrogen and oxygen atoms in total. The number of nitrogens with zero attached hydrogens (tertiary/aromatic N) is 1. The highest BCUT2D eigenvalue weighted by atomic mass is 79.9. The molecular formula is C11H16BrN. The SMILES string of the molecule is CC(Br)CN(C)Cc1ccccc1. The monoisotopic (exact) mass is 241 g/mol. The maximum atomic E-state index is 3.55. The topological polar surface area (TPSA) is 3.24 Å². The average Bonchev–Trinajstić information content (AvgIpc) is 2.04. The molecular weight excluding hydrogens is 226 g/mol. The largest absolute Gasteiger partial charge is 0.301 e. The van der Waals surface area contributed by atoms with Gasteiger partial charge in [-0.05, 0) is 12.6 Å². The van der Waals surface area contributed by atoms with Gasteiger partial charge in [-0.1, -0.05) is 53.2 Å². The van der Waals surface area contributed by atoms with Crippen LogP contribution in [0.1, 0.15) is 12.5 Å². The Balaban J connectivity index is 2.41. The van der Waals surface area contributed by atoms with Crippen molar-refractivity contribution in [3.05, 3.63) is 35.9 Å². The molecule has 1 unspecified atom stereocenters. The fourth-order valence-corrected chi connectivity index (χ4v) is 1.88. The normalized spacial score (nSPS) is 13.2. The lowest BCUT2D eigenvalue weighted by Gasteiger charge is -2.17. The molecule has 0 aromatic heterocycles. The van der Waals surface area contributed by atoms with Crippen molar-refractivity contribution in [2.45, 2.75) is 18.3 Å². The van der Waals surface area contributed by atoms with Crippen molar-refractivity contribution in [3.8, 4) is 0 Å². The minimum Gasteiger partial charge on any atom is -0.301 e. The van der Waals surface area contributed by atoms with Gasteiger partial charge in [0.1, 0.15) is 0 Å². The van der Waals surface area contributed by atoms with E-state index in [4.69, 9.17) is 0 Å². The van der Waals surface area contributed by atoms with Crippen molar-refractivity contribution in [1.82, 2.24) is 4.90 Å². The second kappa shape index (κ2) is 5.40. The van der Waals surface area contributed by atoms with Crippen LogP contribution < -0.4 is 0 Å². The maximum absolute atomic E-state index is 3.55. The van der Waals surface area contributed by atoms with Crippen molar-refractivity contribution in [2.75, 3.05) is 13.6 Å². The molecule has 1 aromatic carbocycles. The summed E-state index contributed by atoms with van der Waals surface area (Å²) >= 11 is 3.55. The summed E-state index contributed by atoms with van der Waals surface area (Å²) in [6.07, 6.45) is 0. The van der Waals surface area contributed by atoms with Crippen LogP contribution in [0.4, 0.5) is 0 Å². The summed E-state index contributed by atoms with van der Waals surface area (Å²) in [5.74, 6) is 0. The summed E-state index contributed by atoms with van der Waals surface area (Å²) in [5, 5.41) is 0. The highest BCUT2D eigenvalue weighted by Crippen LogP contribution is 2.05. The van der Waals surface area contributed by atoms with Crippen LogP contribution in [0.3, 0.4) is 0 Å². The van der Waals surface area contributed by atoms with E-state index in [1.807, 2.05) is 0 Å². The van der Waals surface area contributed by atoms with Crippen LogP contribution in [-0.4, -0.2) is 23.3 Å². The summed E-state index contributed by atoms with van der Waals surface area (Å²) in [5.41, 5.74) is 1.37. The van der Waals surface area contributed by atoms with Gasteiger partial charge in [0.15, 0.2) is 0 Å². The van der Waals surface area contributed by atoms with Gasteiger partial charge in [-0.2, -0.15) is 0 Å². The molecule has 0 N–H and O–H groups in total. The first-order valence-electron chi connectivity index (χ1n) is 4.55. The fraction of sp³-hybridized carbons (Fsp3) is 0.455. The van der Waals surface area contributed by atoms with Crippen LogP contribution in [-0.2, 0) is 6.54 Å². The lowest BCUT2D eigenvalue weighted by molar-refractivity contribution is 0.333. The lowest BCUT2D eigenvalue weighted by Crippen LogP contribution is -2.23. The lowest BCUT2D eigenvalue weighted by atomic mass is 10.2. The van der Waals surface area contributed by atoms with Crippen molar-refractivity contribution in [2.24, 2.45) is 0 Å². The van der Waals surface area contributed by atoms with Crippen LogP contribution in [0.25, 0.3) is 0 Å². The Bertz CT molecular complexity index is 233. The van der Waals surface area contributed by atoms with Crippen LogP contribution in [0, 0.1) is 0 Å². The molecule has 0 spiro atoms. The summed E-state index contributed by atoms with van der Waals surface area (Å²) in [7, 11) is 2.14. The van der Waals surface area contributed by atoms with Crippen LogP contribution in [0.5, 0.6) is 0 Å². The molecule has 0 aliphatic rings. The van der Waals surface area contributed by atoms with E-state index in [1.54, 1.807) is 0 Å². The fourth-order valence-electron chi connectivity index (χ4n) is 1.39. The van der Waals surface area contributed by atoms with E-state index < -0.39 is 0 Å². The molecule has 1 aromatic rings. The van der Waals surface area contributed by atoms with E-state index in [-0.39, 0.29) is 0 Å². The number of hydrogen-bond donors (Lipinski definition) is 0. The Hall–Kier alpha value is -0.340. The minimum atomic E-state index is 0.557. The molecule has 0 saturated heterocycles. The van der Waals surface area contributed by atoms with Crippen LogP contribution >= 0.6 is 15.9 Å². The molecule has 0 saturated carbocycles. The first-order valence-corrected chi connectivity index (χ1v) is 5.46. The third-order valence-electron chi connectivity index (χ3n) is 1.86. The molecule has 2 heteroatoms. The van der Waals surface area contributed by atoms with Crippen molar-refractivity contribution in [1.29, 1.82) is 0 Å². The summed E-state index contributed by atoms with van der Waals surface area (Å²) in [6, 6.07) is 10.5. The molecule has 0 heterocycles. The van der Waals surface area contributed by atoms with E-state index in [0.29, 0.717) is 4.83 Å². The van der Waals surface area contributed by atoms with E-state index in [9.17, 15) is 0 Å². The van der Waals surface area contributed by atoms with Crippen LogP contribution in [0.15, 0.2) is 30.3 Å². The number of hydrogen-bond acceptors (Lipinski definition) is 1. The zero-order valence-corrected chi connectivity index (χ0v) is 9.79. The number of benzene rings is 1. The minimum absolute atomic E-state index is 0.557. The van der Waals surface area contributed by atoms with Gasteiger partial charge in [0.2, 0.25) is 0 Å². The van der Waals surface area contributed by atoms with Gasteiger partial charge in [0, 0.05) is 17.9 Å². The molecule has 0 aliphatic heterocycles. The standard InChI is InChI=1S/C11H16BrN/c1-10(12)8-13(2)9-11-6-4-3-5-7-11/h3-7,10H,8-9H2,1-2H3. The van der Waals surface area contributed by atoms with Crippen LogP contribution in [0.2, 0.25) is 0 Å². The van der Waals surface area contributed by atoms with E-state index in [2.05, 4.69) is 65.1 Å². The Morgan fingerprint density at radius 1 is 1.31 bits per heavy atom. The Morgan fingerprint density at radius 2 is 1.92 bits per heavy atom. The molecule has 0 bridgehead atoms.